The van der Waals surface area contributed by atoms with Crippen molar-refractivity contribution in [1.82, 2.24) is 10.3 Å². The van der Waals surface area contributed by atoms with Crippen molar-refractivity contribution in [3.8, 4) is 0 Å². The van der Waals surface area contributed by atoms with Gasteiger partial charge in [0.1, 0.15) is 0 Å². The molecule has 0 aliphatic rings. The first-order valence-corrected chi connectivity index (χ1v) is 8.75. The van der Waals surface area contributed by atoms with Gasteiger partial charge in [-0.15, -0.1) is 0 Å². The molecule has 0 atom stereocenters. The summed E-state index contributed by atoms with van der Waals surface area (Å²) in [5.41, 5.74) is 1.79. The standard InChI is InChI=1S/C17H23N3O2S/c1-4-15(21)20-17-19-13-6-5-12(9-14(13)23-17)10-16(22)18-8-7-11(2)3/h5-6,9,11H,4,7-8,10H2,1-3H3,(H,18,22)(H,19,20,21). The van der Waals surface area contributed by atoms with Gasteiger partial charge in [-0.3, -0.25) is 9.59 Å². The Bertz CT molecular complexity index is 694. The van der Waals surface area contributed by atoms with Gasteiger partial charge in [0.15, 0.2) is 5.13 Å². The highest BCUT2D eigenvalue weighted by Gasteiger charge is 2.09. The summed E-state index contributed by atoms with van der Waals surface area (Å²) < 4.78 is 0.976. The highest BCUT2D eigenvalue weighted by Crippen LogP contribution is 2.27. The van der Waals surface area contributed by atoms with Crippen molar-refractivity contribution < 1.29 is 9.59 Å². The second-order valence-corrected chi connectivity index (χ2v) is 6.96. The minimum absolute atomic E-state index is 0.0361. The highest BCUT2D eigenvalue weighted by molar-refractivity contribution is 7.22. The van der Waals surface area contributed by atoms with E-state index < -0.39 is 0 Å². The summed E-state index contributed by atoms with van der Waals surface area (Å²) in [4.78, 5) is 27.7. The maximum absolute atomic E-state index is 11.9. The van der Waals surface area contributed by atoms with Crippen LogP contribution in [0.3, 0.4) is 0 Å². The number of carbonyl (C=O) groups excluding carboxylic acids is 2. The number of hydrogen-bond acceptors (Lipinski definition) is 4. The second-order valence-electron chi connectivity index (χ2n) is 5.93. The molecule has 124 valence electrons. The maximum Gasteiger partial charge on any atom is 0.225 e. The van der Waals surface area contributed by atoms with Gasteiger partial charge in [-0.2, -0.15) is 0 Å². The summed E-state index contributed by atoms with van der Waals surface area (Å²) >= 11 is 1.43. The third-order valence-electron chi connectivity index (χ3n) is 3.43. The fourth-order valence-electron chi connectivity index (χ4n) is 2.09. The summed E-state index contributed by atoms with van der Waals surface area (Å²) in [6.45, 7) is 6.79. The molecule has 0 aliphatic heterocycles. The molecule has 2 amide bonds. The van der Waals surface area contributed by atoms with E-state index in [0.29, 0.717) is 30.4 Å². The molecule has 2 aromatic rings. The molecule has 1 aromatic heterocycles. The Balaban J connectivity index is 1.99. The Hall–Kier alpha value is -1.95. The Labute approximate surface area is 140 Å². The van der Waals surface area contributed by atoms with E-state index in [1.54, 1.807) is 6.92 Å². The number of amides is 2. The molecule has 0 saturated carbocycles. The normalized spacial score (nSPS) is 11.0. The second kappa shape index (κ2) is 8.06. The van der Waals surface area contributed by atoms with Gasteiger partial charge in [-0.25, -0.2) is 4.98 Å². The molecule has 0 aliphatic carbocycles. The first kappa shape index (κ1) is 17.4. The van der Waals surface area contributed by atoms with Crippen LogP contribution in [0.25, 0.3) is 10.2 Å². The van der Waals surface area contributed by atoms with Crippen LogP contribution in [0.5, 0.6) is 0 Å². The highest BCUT2D eigenvalue weighted by atomic mass is 32.1. The monoisotopic (exact) mass is 333 g/mol. The molecular weight excluding hydrogens is 310 g/mol. The molecule has 5 nitrogen and oxygen atoms in total. The lowest BCUT2D eigenvalue weighted by atomic mass is 10.1. The molecule has 23 heavy (non-hydrogen) atoms. The third kappa shape index (κ3) is 5.32. The lowest BCUT2D eigenvalue weighted by Crippen LogP contribution is -2.26. The van der Waals surface area contributed by atoms with E-state index in [2.05, 4.69) is 29.5 Å². The number of thiazole rings is 1. The van der Waals surface area contributed by atoms with Crippen LogP contribution in [0.15, 0.2) is 18.2 Å². The maximum atomic E-state index is 11.9. The van der Waals surface area contributed by atoms with E-state index in [9.17, 15) is 9.59 Å². The van der Waals surface area contributed by atoms with Crippen LogP contribution in [0.1, 0.15) is 39.2 Å². The van der Waals surface area contributed by atoms with E-state index in [0.717, 1.165) is 22.2 Å². The Morgan fingerprint density at radius 2 is 2.04 bits per heavy atom. The first-order chi connectivity index (χ1) is 11.0. The van der Waals surface area contributed by atoms with Crippen LogP contribution in [-0.2, 0) is 16.0 Å². The minimum atomic E-state index is -0.0474. The predicted octanol–water partition coefficient (Wildman–Crippen LogP) is 3.35. The average molecular weight is 333 g/mol. The molecule has 0 bridgehead atoms. The average Bonchev–Trinajstić information content (AvgIpc) is 2.88. The number of benzene rings is 1. The SMILES string of the molecule is CCC(=O)Nc1nc2ccc(CC(=O)NCCC(C)C)cc2s1. The fourth-order valence-corrected chi connectivity index (χ4v) is 3.03. The van der Waals surface area contributed by atoms with Crippen LogP contribution in [0, 0.1) is 5.92 Å². The molecule has 6 heteroatoms. The Morgan fingerprint density at radius 3 is 2.74 bits per heavy atom. The van der Waals surface area contributed by atoms with Crippen molar-refractivity contribution in [2.45, 2.75) is 40.0 Å². The lowest BCUT2D eigenvalue weighted by Gasteiger charge is -2.07. The number of carbonyl (C=O) groups is 2. The van der Waals surface area contributed by atoms with Crippen molar-refractivity contribution >= 4 is 38.5 Å². The van der Waals surface area contributed by atoms with Gasteiger partial charge in [0.25, 0.3) is 0 Å². The molecular formula is C17H23N3O2S. The number of hydrogen-bond donors (Lipinski definition) is 2. The zero-order valence-corrected chi connectivity index (χ0v) is 14.6. The van der Waals surface area contributed by atoms with Gasteiger partial charge in [-0.1, -0.05) is 38.2 Å². The van der Waals surface area contributed by atoms with Gasteiger partial charge in [0.2, 0.25) is 11.8 Å². The van der Waals surface area contributed by atoms with Crippen molar-refractivity contribution in [1.29, 1.82) is 0 Å². The number of nitrogens with one attached hydrogen (secondary N) is 2. The molecule has 2 N–H and O–H groups in total. The van der Waals surface area contributed by atoms with Gasteiger partial charge < -0.3 is 10.6 Å². The van der Waals surface area contributed by atoms with Gasteiger partial charge in [0.05, 0.1) is 16.6 Å². The molecule has 1 heterocycles. The van der Waals surface area contributed by atoms with Crippen LogP contribution in [0.4, 0.5) is 5.13 Å². The van der Waals surface area contributed by atoms with E-state index in [1.807, 2.05) is 18.2 Å². The quantitative estimate of drug-likeness (QED) is 0.816. The van der Waals surface area contributed by atoms with Gasteiger partial charge in [-0.05, 0) is 30.0 Å². The third-order valence-corrected chi connectivity index (χ3v) is 4.36. The molecule has 2 rings (SSSR count). The van der Waals surface area contributed by atoms with Crippen molar-refractivity contribution in [2.24, 2.45) is 5.92 Å². The first-order valence-electron chi connectivity index (χ1n) is 7.94. The topological polar surface area (TPSA) is 71.1 Å². The molecule has 1 aromatic carbocycles. The summed E-state index contributed by atoms with van der Waals surface area (Å²) in [5, 5.41) is 6.31. The molecule has 0 saturated heterocycles. The van der Waals surface area contributed by atoms with E-state index >= 15 is 0 Å². The van der Waals surface area contributed by atoms with E-state index in [-0.39, 0.29) is 11.8 Å². The van der Waals surface area contributed by atoms with Crippen LogP contribution < -0.4 is 10.6 Å². The van der Waals surface area contributed by atoms with E-state index in [4.69, 9.17) is 0 Å². The van der Waals surface area contributed by atoms with Gasteiger partial charge >= 0.3 is 0 Å². The van der Waals surface area contributed by atoms with Crippen molar-refractivity contribution in [3.63, 3.8) is 0 Å². The molecule has 0 spiro atoms. The number of rotatable bonds is 7. The molecule has 0 unspecified atom stereocenters. The van der Waals surface area contributed by atoms with Crippen molar-refractivity contribution in [2.75, 3.05) is 11.9 Å². The number of anilines is 1. The smallest absolute Gasteiger partial charge is 0.225 e. The number of fused-ring (bicyclic) bond motifs is 1. The largest absolute Gasteiger partial charge is 0.356 e. The summed E-state index contributed by atoms with van der Waals surface area (Å²) in [6, 6.07) is 5.77. The summed E-state index contributed by atoms with van der Waals surface area (Å²) in [7, 11) is 0. The zero-order valence-electron chi connectivity index (χ0n) is 13.8. The fraction of sp³-hybridized carbons (Fsp3) is 0.471. The Morgan fingerprint density at radius 1 is 1.26 bits per heavy atom. The number of aromatic nitrogens is 1. The van der Waals surface area contributed by atoms with Crippen LogP contribution >= 0.6 is 11.3 Å². The van der Waals surface area contributed by atoms with Gasteiger partial charge in [0, 0.05) is 13.0 Å². The van der Waals surface area contributed by atoms with Crippen molar-refractivity contribution in [3.05, 3.63) is 23.8 Å². The summed E-state index contributed by atoms with van der Waals surface area (Å²) in [5.74, 6) is 0.573. The molecule has 0 fully saturated rings. The number of nitrogens with zero attached hydrogens (tertiary/aromatic N) is 1. The van der Waals surface area contributed by atoms with E-state index in [1.165, 1.54) is 11.3 Å². The molecule has 0 radical (unpaired) electrons. The minimum Gasteiger partial charge on any atom is -0.356 e. The zero-order chi connectivity index (χ0) is 16.8. The van der Waals surface area contributed by atoms with Crippen LogP contribution in [-0.4, -0.2) is 23.3 Å². The lowest BCUT2D eigenvalue weighted by molar-refractivity contribution is -0.120. The van der Waals surface area contributed by atoms with Crippen LogP contribution in [0.2, 0.25) is 0 Å². The summed E-state index contributed by atoms with van der Waals surface area (Å²) in [6.07, 6.45) is 1.78. The Kier molecular flexibility index (Phi) is 6.10. The predicted molar refractivity (Wildman–Crippen MR) is 94.7 cm³/mol.